The van der Waals surface area contributed by atoms with Crippen LogP contribution in [0.1, 0.15) is 42.1 Å². The molecule has 1 unspecified atom stereocenters. The van der Waals surface area contributed by atoms with Gasteiger partial charge in [0.25, 0.3) is 5.91 Å². The number of carbonyl (C=O) groups excluding carboxylic acids is 1. The molecule has 6 nitrogen and oxygen atoms in total. The lowest BCUT2D eigenvalue weighted by Gasteiger charge is -2.32. The van der Waals surface area contributed by atoms with E-state index in [2.05, 4.69) is 10.2 Å². The van der Waals surface area contributed by atoms with Gasteiger partial charge in [-0.05, 0) is 82.2 Å². The number of rotatable bonds is 7. The van der Waals surface area contributed by atoms with Crippen molar-refractivity contribution in [2.24, 2.45) is 0 Å². The van der Waals surface area contributed by atoms with E-state index >= 15 is 0 Å². The summed E-state index contributed by atoms with van der Waals surface area (Å²) in [5.41, 5.74) is 2.35. The largest absolute Gasteiger partial charge is 0.322 e. The van der Waals surface area contributed by atoms with Gasteiger partial charge in [0.1, 0.15) is 0 Å². The molecule has 1 fully saturated rings. The maximum absolute atomic E-state index is 12.9. The van der Waals surface area contributed by atoms with Crippen LogP contribution in [0.4, 0.5) is 5.69 Å². The Morgan fingerprint density at radius 1 is 1.07 bits per heavy atom. The van der Waals surface area contributed by atoms with Crippen LogP contribution >= 0.6 is 0 Å². The summed E-state index contributed by atoms with van der Waals surface area (Å²) in [6.45, 7) is 3.47. The average Bonchev–Trinajstić information content (AvgIpc) is 2.73. The van der Waals surface area contributed by atoms with Gasteiger partial charge in [-0.15, -0.1) is 0 Å². The molecular formula is C23H31N3O3S. The Balaban J connectivity index is 1.65. The predicted octanol–water partition coefficient (Wildman–Crippen LogP) is 3.61. The molecule has 1 aliphatic rings. The van der Waals surface area contributed by atoms with Crippen LogP contribution in [0.15, 0.2) is 53.4 Å². The van der Waals surface area contributed by atoms with Crippen LogP contribution in [-0.4, -0.2) is 56.8 Å². The fraction of sp³-hybridized carbons (Fsp3) is 0.435. The molecule has 1 N–H and O–H groups in total. The van der Waals surface area contributed by atoms with Crippen LogP contribution in [0.2, 0.25) is 0 Å². The minimum Gasteiger partial charge on any atom is -0.322 e. The van der Waals surface area contributed by atoms with Gasteiger partial charge >= 0.3 is 0 Å². The average molecular weight is 430 g/mol. The van der Waals surface area contributed by atoms with Gasteiger partial charge in [0.05, 0.1) is 4.90 Å². The van der Waals surface area contributed by atoms with E-state index in [-0.39, 0.29) is 16.8 Å². The van der Waals surface area contributed by atoms with Crippen molar-refractivity contribution in [1.29, 1.82) is 0 Å². The molecule has 1 aliphatic heterocycles. The Hall–Kier alpha value is -2.22. The first kappa shape index (κ1) is 22.5. The third-order valence-electron chi connectivity index (χ3n) is 5.52. The lowest BCUT2D eigenvalue weighted by atomic mass is 10.1. The van der Waals surface area contributed by atoms with Crippen molar-refractivity contribution in [1.82, 2.24) is 9.21 Å². The molecule has 0 aromatic heterocycles. The van der Waals surface area contributed by atoms with E-state index in [1.54, 1.807) is 16.4 Å². The lowest BCUT2D eigenvalue weighted by Crippen LogP contribution is -2.41. The van der Waals surface area contributed by atoms with Gasteiger partial charge in [0.2, 0.25) is 10.0 Å². The quantitative estimate of drug-likeness (QED) is 0.730. The number of sulfonamides is 1. The summed E-state index contributed by atoms with van der Waals surface area (Å²) in [6.07, 6.45) is 3.78. The van der Waals surface area contributed by atoms with Crippen molar-refractivity contribution in [2.75, 3.05) is 32.5 Å². The zero-order valence-electron chi connectivity index (χ0n) is 18.0. The van der Waals surface area contributed by atoms with E-state index in [1.807, 2.05) is 45.3 Å². The van der Waals surface area contributed by atoms with Crippen molar-refractivity contribution in [3.05, 3.63) is 59.7 Å². The van der Waals surface area contributed by atoms with Crippen molar-refractivity contribution < 1.29 is 13.2 Å². The minimum absolute atomic E-state index is 0.00687. The Morgan fingerprint density at radius 2 is 1.73 bits per heavy atom. The van der Waals surface area contributed by atoms with Gasteiger partial charge in [-0.2, -0.15) is 4.31 Å². The molecule has 0 aliphatic carbocycles. The number of amides is 1. The maximum atomic E-state index is 12.9. The lowest BCUT2D eigenvalue weighted by molar-refractivity contribution is 0.102. The van der Waals surface area contributed by atoms with E-state index in [0.29, 0.717) is 17.8 Å². The fourth-order valence-corrected chi connectivity index (χ4v) is 5.35. The van der Waals surface area contributed by atoms with Crippen molar-refractivity contribution >= 4 is 21.6 Å². The van der Waals surface area contributed by atoms with Crippen molar-refractivity contribution in [3.8, 4) is 0 Å². The van der Waals surface area contributed by atoms with Gasteiger partial charge in [0, 0.05) is 30.4 Å². The summed E-state index contributed by atoms with van der Waals surface area (Å²) in [6, 6.07) is 14.0. The number of hydrogen-bond acceptors (Lipinski definition) is 4. The monoisotopic (exact) mass is 429 g/mol. The maximum Gasteiger partial charge on any atom is 0.255 e. The standard InChI is InChI=1S/C23H31N3O3S/c1-18-6-4-5-16-26(18)30(28,29)22-13-9-20(10-14-22)23(27)24-21-11-7-19(8-12-21)15-17-25(2)3/h7-14,18H,4-6,15-17H2,1-3H3,(H,24,27). The van der Waals surface area contributed by atoms with Crippen molar-refractivity contribution in [2.45, 2.75) is 43.5 Å². The highest BCUT2D eigenvalue weighted by atomic mass is 32.2. The highest BCUT2D eigenvalue weighted by molar-refractivity contribution is 7.89. The van der Waals surface area contributed by atoms with E-state index in [4.69, 9.17) is 0 Å². The van der Waals surface area contributed by atoms with Crippen LogP contribution in [0.25, 0.3) is 0 Å². The summed E-state index contributed by atoms with van der Waals surface area (Å²) < 4.78 is 27.4. The summed E-state index contributed by atoms with van der Waals surface area (Å²) in [7, 11) is 0.549. The normalized spacial score (nSPS) is 17.8. The SMILES string of the molecule is CC1CCCCN1S(=O)(=O)c1ccc(C(=O)Nc2ccc(CCN(C)C)cc2)cc1. The molecule has 7 heteroatoms. The summed E-state index contributed by atoms with van der Waals surface area (Å²) in [5, 5.41) is 2.87. The van der Waals surface area contributed by atoms with Gasteiger partial charge in [0.15, 0.2) is 0 Å². The minimum atomic E-state index is -3.53. The molecule has 30 heavy (non-hydrogen) atoms. The number of hydrogen-bond donors (Lipinski definition) is 1. The first-order valence-electron chi connectivity index (χ1n) is 10.4. The number of carbonyl (C=O) groups is 1. The molecule has 3 rings (SSSR count). The number of likely N-dealkylation sites (N-methyl/N-ethyl adjacent to an activating group) is 1. The Bertz CT molecular complexity index is 954. The van der Waals surface area contributed by atoms with Crippen LogP contribution in [0.3, 0.4) is 0 Å². The third kappa shape index (κ3) is 5.47. The second-order valence-electron chi connectivity index (χ2n) is 8.19. The summed E-state index contributed by atoms with van der Waals surface area (Å²) in [4.78, 5) is 14.9. The number of anilines is 1. The van der Waals surface area contributed by atoms with Crippen LogP contribution in [-0.2, 0) is 16.4 Å². The molecule has 0 spiro atoms. The van der Waals surface area contributed by atoms with E-state index in [0.717, 1.165) is 32.2 Å². The third-order valence-corrected chi connectivity index (χ3v) is 7.55. The molecule has 0 radical (unpaired) electrons. The Kier molecular flexibility index (Phi) is 7.28. The first-order valence-corrected chi connectivity index (χ1v) is 11.9. The van der Waals surface area contributed by atoms with E-state index in [9.17, 15) is 13.2 Å². The zero-order valence-corrected chi connectivity index (χ0v) is 18.8. The van der Waals surface area contributed by atoms with Gasteiger partial charge < -0.3 is 10.2 Å². The molecule has 0 saturated carbocycles. The van der Waals surface area contributed by atoms with Gasteiger partial charge in [-0.25, -0.2) is 8.42 Å². The topological polar surface area (TPSA) is 69.7 Å². The number of benzene rings is 2. The Labute approximate surface area is 179 Å². The molecule has 1 saturated heterocycles. The zero-order chi connectivity index (χ0) is 21.7. The molecule has 1 amide bonds. The van der Waals surface area contributed by atoms with Crippen molar-refractivity contribution in [3.63, 3.8) is 0 Å². The highest BCUT2D eigenvalue weighted by Gasteiger charge is 2.30. The predicted molar refractivity (Wildman–Crippen MR) is 120 cm³/mol. The van der Waals surface area contributed by atoms with Gasteiger partial charge in [-0.3, -0.25) is 4.79 Å². The Morgan fingerprint density at radius 3 is 2.33 bits per heavy atom. The summed E-state index contributed by atoms with van der Waals surface area (Å²) >= 11 is 0. The highest BCUT2D eigenvalue weighted by Crippen LogP contribution is 2.25. The molecular weight excluding hydrogens is 398 g/mol. The fourth-order valence-electron chi connectivity index (χ4n) is 3.65. The van der Waals surface area contributed by atoms with Crippen LogP contribution < -0.4 is 5.32 Å². The van der Waals surface area contributed by atoms with E-state index < -0.39 is 10.0 Å². The molecule has 162 valence electrons. The van der Waals surface area contributed by atoms with E-state index in [1.165, 1.54) is 17.7 Å². The smallest absolute Gasteiger partial charge is 0.255 e. The molecule has 2 aromatic carbocycles. The number of piperidine rings is 1. The summed E-state index contributed by atoms with van der Waals surface area (Å²) in [5.74, 6) is -0.258. The number of nitrogens with zero attached hydrogens (tertiary/aromatic N) is 2. The molecule has 0 bridgehead atoms. The van der Waals surface area contributed by atoms with Crippen LogP contribution in [0, 0.1) is 0 Å². The molecule has 1 atom stereocenters. The second-order valence-corrected chi connectivity index (χ2v) is 10.1. The van der Waals surface area contributed by atoms with Crippen LogP contribution in [0.5, 0.6) is 0 Å². The molecule has 1 heterocycles. The second kappa shape index (κ2) is 9.73. The first-order chi connectivity index (χ1) is 14.3. The number of nitrogens with one attached hydrogen (secondary N) is 1. The molecule has 2 aromatic rings. The van der Waals surface area contributed by atoms with Gasteiger partial charge in [-0.1, -0.05) is 18.6 Å².